The van der Waals surface area contributed by atoms with Gasteiger partial charge in [-0.2, -0.15) is 0 Å². The molecule has 1 fully saturated rings. The highest BCUT2D eigenvalue weighted by atomic mass is 32.2. The molecule has 1 saturated carbocycles. The quantitative estimate of drug-likeness (QED) is 0.558. The monoisotopic (exact) mass is 288 g/mol. The summed E-state index contributed by atoms with van der Waals surface area (Å²) in [6.45, 7) is 10.6. The molecule has 1 aliphatic carbocycles. The van der Waals surface area contributed by atoms with Gasteiger partial charge in [-0.1, -0.05) is 18.2 Å². The van der Waals surface area contributed by atoms with Gasteiger partial charge in [-0.25, -0.2) is 0 Å². The molecule has 0 atom stereocenters. The molecular weight excluding hydrogens is 264 g/mol. The van der Waals surface area contributed by atoms with Crippen LogP contribution in [0.4, 0.5) is 11.4 Å². The highest BCUT2D eigenvalue weighted by Gasteiger charge is 2.26. The summed E-state index contributed by atoms with van der Waals surface area (Å²) in [5.74, 6) is 0.930. The van der Waals surface area contributed by atoms with E-state index >= 15 is 0 Å². The molecular formula is C17H24N2S. The van der Waals surface area contributed by atoms with Crippen LogP contribution in [-0.2, 0) is 0 Å². The Labute approximate surface area is 126 Å². The van der Waals surface area contributed by atoms with Crippen molar-refractivity contribution in [3.8, 4) is 0 Å². The summed E-state index contributed by atoms with van der Waals surface area (Å²) >= 11 is 1.81. The Hall–Kier alpha value is -1.35. The normalized spacial score (nSPS) is 13.9. The number of benzene rings is 1. The maximum absolute atomic E-state index is 3.96. The van der Waals surface area contributed by atoms with Crippen molar-refractivity contribution >= 4 is 23.1 Å². The number of rotatable bonds is 8. The van der Waals surface area contributed by atoms with Crippen LogP contribution in [0.3, 0.4) is 0 Å². The van der Waals surface area contributed by atoms with E-state index in [0.29, 0.717) is 0 Å². The van der Waals surface area contributed by atoms with Crippen molar-refractivity contribution in [2.24, 2.45) is 0 Å². The Balaban J connectivity index is 2.17. The molecule has 0 spiro atoms. The third-order valence-corrected chi connectivity index (χ3v) is 4.47. The lowest BCUT2D eigenvalue weighted by Gasteiger charge is -2.21. The third kappa shape index (κ3) is 4.07. The van der Waals surface area contributed by atoms with Crippen LogP contribution >= 0.6 is 11.8 Å². The number of thioether (sulfide) groups is 1. The minimum Gasteiger partial charge on any atom is -0.380 e. The smallest absolute Gasteiger partial charge is 0.0501 e. The molecule has 0 aliphatic heterocycles. The molecule has 0 bridgehead atoms. The van der Waals surface area contributed by atoms with Gasteiger partial charge in [0.2, 0.25) is 0 Å². The highest BCUT2D eigenvalue weighted by Crippen LogP contribution is 2.35. The number of hydrogen-bond acceptors (Lipinski definition) is 3. The van der Waals surface area contributed by atoms with E-state index in [0.717, 1.165) is 23.9 Å². The van der Waals surface area contributed by atoms with Gasteiger partial charge in [-0.3, -0.25) is 0 Å². The number of nitrogens with one attached hydrogen (secondary N) is 1. The summed E-state index contributed by atoms with van der Waals surface area (Å²) in [6, 6.07) is 7.42. The summed E-state index contributed by atoms with van der Waals surface area (Å²) in [4.78, 5) is 3.66. The Bertz CT molecular complexity index is 492. The summed E-state index contributed by atoms with van der Waals surface area (Å²) in [7, 11) is 2.19. The minimum atomic E-state index is 0.732. The second-order valence-corrected chi connectivity index (χ2v) is 6.49. The minimum absolute atomic E-state index is 0.732. The lowest BCUT2D eigenvalue weighted by molar-refractivity contribution is 0.916. The third-order valence-electron chi connectivity index (χ3n) is 3.40. The standard InChI is InChI=1S/C17H24N2S/c1-5-10-20-17-9-8-15(19(4)14-6-7-14)11-16(17)18-12-13(2)3/h5,8-9,11,14,18H,1-2,6-7,10,12H2,3-4H3. The lowest BCUT2D eigenvalue weighted by Crippen LogP contribution is -2.19. The first-order chi connectivity index (χ1) is 9.61. The van der Waals surface area contributed by atoms with E-state index in [1.54, 1.807) is 0 Å². The van der Waals surface area contributed by atoms with Crippen molar-refractivity contribution in [3.63, 3.8) is 0 Å². The molecule has 0 amide bonds. The fourth-order valence-corrected chi connectivity index (χ4v) is 2.82. The maximum Gasteiger partial charge on any atom is 0.0501 e. The van der Waals surface area contributed by atoms with Crippen LogP contribution < -0.4 is 10.2 Å². The fourth-order valence-electron chi connectivity index (χ4n) is 2.07. The van der Waals surface area contributed by atoms with Gasteiger partial charge >= 0.3 is 0 Å². The van der Waals surface area contributed by atoms with Crippen LogP contribution in [0.15, 0.2) is 47.9 Å². The van der Waals surface area contributed by atoms with E-state index in [1.165, 1.54) is 29.1 Å². The van der Waals surface area contributed by atoms with Crippen molar-refractivity contribution in [1.82, 2.24) is 0 Å². The van der Waals surface area contributed by atoms with Gasteiger partial charge in [-0.05, 0) is 38.0 Å². The van der Waals surface area contributed by atoms with Crippen molar-refractivity contribution in [2.45, 2.75) is 30.7 Å². The molecule has 20 heavy (non-hydrogen) atoms. The van der Waals surface area contributed by atoms with E-state index < -0.39 is 0 Å². The molecule has 1 aliphatic rings. The Morgan fingerprint density at radius 3 is 2.85 bits per heavy atom. The van der Waals surface area contributed by atoms with Crippen molar-refractivity contribution in [2.75, 3.05) is 29.6 Å². The largest absolute Gasteiger partial charge is 0.380 e. The number of nitrogens with zero attached hydrogens (tertiary/aromatic N) is 1. The van der Waals surface area contributed by atoms with Gasteiger partial charge < -0.3 is 10.2 Å². The number of anilines is 2. The van der Waals surface area contributed by atoms with Crippen LogP contribution in [0.5, 0.6) is 0 Å². The predicted octanol–water partition coefficient (Wildman–Crippen LogP) is 4.55. The zero-order valence-corrected chi connectivity index (χ0v) is 13.3. The number of hydrogen-bond donors (Lipinski definition) is 1. The first-order valence-electron chi connectivity index (χ1n) is 7.10. The molecule has 1 aromatic rings. The topological polar surface area (TPSA) is 15.3 Å². The first-order valence-corrected chi connectivity index (χ1v) is 8.09. The molecule has 0 aromatic heterocycles. The molecule has 108 valence electrons. The Kier molecular flexibility index (Phi) is 5.18. The van der Waals surface area contributed by atoms with Crippen LogP contribution in [0.25, 0.3) is 0 Å². The van der Waals surface area contributed by atoms with E-state index in [4.69, 9.17) is 0 Å². The second-order valence-electron chi connectivity index (χ2n) is 5.43. The van der Waals surface area contributed by atoms with Crippen LogP contribution in [0.2, 0.25) is 0 Å². The molecule has 2 rings (SSSR count). The zero-order chi connectivity index (χ0) is 14.5. The van der Waals surface area contributed by atoms with Crippen LogP contribution in [0.1, 0.15) is 19.8 Å². The zero-order valence-electron chi connectivity index (χ0n) is 12.5. The van der Waals surface area contributed by atoms with Gasteiger partial charge in [0.15, 0.2) is 0 Å². The van der Waals surface area contributed by atoms with Gasteiger partial charge in [0.05, 0.1) is 5.69 Å². The van der Waals surface area contributed by atoms with Crippen molar-refractivity contribution in [1.29, 1.82) is 0 Å². The summed E-state index contributed by atoms with van der Waals surface area (Å²) in [5, 5.41) is 3.49. The van der Waals surface area contributed by atoms with E-state index in [-0.39, 0.29) is 0 Å². The summed E-state index contributed by atoms with van der Waals surface area (Å²) in [5.41, 5.74) is 3.63. The van der Waals surface area contributed by atoms with Gasteiger partial charge in [0.25, 0.3) is 0 Å². The first kappa shape index (κ1) is 15.0. The van der Waals surface area contributed by atoms with E-state index in [9.17, 15) is 0 Å². The van der Waals surface area contributed by atoms with Gasteiger partial charge in [-0.15, -0.1) is 18.3 Å². The van der Waals surface area contributed by atoms with Gasteiger partial charge in [0, 0.05) is 36.0 Å². The maximum atomic E-state index is 3.96. The van der Waals surface area contributed by atoms with E-state index in [2.05, 4.69) is 48.6 Å². The second kappa shape index (κ2) is 6.89. The molecule has 0 radical (unpaired) electrons. The van der Waals surface area contributed by atoms with Crippen LogP contribution in [-0.4, -0.2) is 25.4 Å². The average Bonchev–Trinajstić information content (AvgIpc) is 3.27. The lowest BCUT2D eigenvalue weighted by atomic mass is 10.2. The predicted molar refractivity (Wildman–Crippen MR) is 92.1 cm³/mol. The summed E-state index contributed by atoms with van der Waals surface area (Å²) < 4.78 is 0. The Morgan fingerprint density at radius 1 is 1.50 bits per heavy atom. The molecule has 3 heteroatoms. The average molecular weight is 288 g/mol. The Morgan fingerprint density at radius 2 is 2.25 bits per heavy atom. The van der Waals surface area contributed by atoms with Gasteiger partial charge in [0.1, 0.15) is 0 Å². The molecule has 1 N–H and O–H groups in total. The fraction of sp³-hybridized carbons (Fsp3) is 0.412. The summed E-state index contributed by atoms with van der Waals surface area (Å²) in [6.07, 6.45) is 4.58. The molecule has 2 nitrogen and oxygen atoms in total. The highest BCUT2D eigenvalue weighted by molar-refractivity contribution is 7.99. The molecule has 0 heterocycles. The van der Waals surface area contributed by atoms with Crippen LogP contribution in [0, 0.1) is 0 Å². The molecule has 1 aromatic carbocycles. The van der Waals surface area contributed by atoms with Crippen molar-refractivity contribution < 1.29 is 0 Å². The van der Waals surface area contributed by atoms with Crippen molar-refractivity contribution in [3.05, 3.63) is 43.0 Å². The van der Waals surface area contributed by atoms with E-state index in [1.807, 2.05) is 24.8 Å². The molecule has 0 unspecified atom stereocenters. The molecule has 0 saturated heterocycles. The SMILES string of the molecule is C=CCSc1ccc(N(C)C2CC2)cc1NCC(=C)C.